The van der Waals surface area contributed by atoms with Crippen molar-refractivity contribution in [1.29, 1.82) is 0 Å². The van der Waals surface area contributed by atoms with Gasteiger partial charge in [0.2, 0.25) is 5.52 Å². The summed E-state index contributed by atoms with van der Waals surface area (Å²) in [6.45, 7) is 0.494. The molecule has 33 heavy (non-hydrogen) atoms. The Labute approximate surface area is 200 Å². The number of aryl methyl sites for hydroxylation is 1. The van der Waals surface area contributed by atoms with E-state index in [1.807, 2.05) is 41.9 Å². The maximum atomic E-state index is 11.3. The Balaban J connectivity index is 1.64. The van der Waals surface area contributed by atoms with Crippen molar-refractivity contribution in [2.24, 2.45) is 0 Å². The lowest BCUT2D eigenvalue weighted by Gasteiger charge is -2.29. The lowest BCUT2D eigenvalue weighted by atomic mass is 9.97. The van der Waals surface area contributed by atoms with Gasteiger partial charge in [0, 0.05) is 48.4 Å². The molecule has 2 aromatic carbocycles. The minimum absolute atomic E-state index is 0.262. The molecular weight excluding hydrogens is 474 g/mol. The van der Waals surface area contributed by atoms with Crippen LogP contribution in [0.5, 0.6) is 0 Å². The highest BCUT2D eigenvalue weighted by Crippen LogP contribution is 2.40. The van der Waals surface area contributed by atoms with E-state index in [2.05, 4.69) is 51.8 Å². The number of hydrogen-bond donors (Lipinski definition) is 1. The van der Waals surface area contributed by atoms with E-state index in [1.54, 1.807) is 22.7 Å². The fourth-order valence-corrected chi connectivity index (χ4v) is 6.39. The number of benzene rings is 2. The molecule has 1 N–H and O–H groups in total. The zero-order valence-corrected chi connectivity index (χ0v) is 20.3. The summed E-state index contributed by atoms with van der Waals surface area (Å²) in [5.41, 5.74) is 5.39. The molecule has 0 spiro atoms. The quantitative estimate of drug-likeness (QED) is 0.302. The molecule has 2 aromatic heterocycles. The van der Waals surface area contributed by atoms with Crippen molar-refractivity contribution < 1.29 is 17.5 Å². The summed E-state index contributed by atoms with van der Waals surface area (Å²) in [7, 11) is -1.94. The van der Waals surface area contributed by atoms with E-state index >= 15 is 0 Å². The van der Waals surface area contributed by atoms with Crippen molar-refractivity contribution in [3.63, 3.8) is 0 Å². The lowest BCUT2D eigenvalue weighted by molar-refractivity contribution is -0.668. The number of aromatic nitrogens is 2. The van der Waals surface area contributed by atoms with Crippen LogP contribution in [0, 0.1) is 0 Å². The molecule has 0 radical (unpaired) electrons. The molecular formula is C24H22N3O3S3+. The number of anilines is 1. The first-order chi connectivity index (χ1) is 15.9. The normalized spacial score (nSPS) is 15.2. The van der Waals surface area contributed by atoms with Gasteiger partial charge in [-0.15, -0.1) is 11.3 Å². The third kappa shape index (κ3) is 4.49. The molecule has 0 saturated carbocycles. The van der Waals surface area contributed by atoms with E-state index in [-0.39, 0.29) is 5.75 Å². The van der Waals surface area contributed by atoms with Gasteiger partial charge in [-0.2, -0.15) is 13.0 Å². The van der Waals surface area contributed by atoms with Crippen LogP contribution in [-0.2, 0) is 16.7 Å². The topological polar surface area (TPSA) is 74.4 Å². The molecule has 0 saturated heterocycles. The van der Waals surface area contributed by atoms with E-state index in [9.17, 15) is 13.0 Å². The van der Waals surface area contributed by atoms with Crippen LogP contribution in [-0.4, -0.2) is 30.8 Å². The molecule has 1 aliphatic heterocycles. The van der Waals surface area contributed by atoms with E-state index < -0.39 is 10.1 Å². The van der Waals surface area contributed by atoms with E-state index in [1.165, 1.54) is 0 Å². The minimum Gasteiger partial charge on any atom is -0.342 e. The number of allylic oxidation sites excluding steroid dienone is 2. The molecule has 5 rings (SSSR count). The highest BCUT2D eigenvalue weighted by atomic mass is 32.2. The molecule has 1 aliphatic rings. The molecule has 0 atom stereocenters. The first-order valence-electron chi connectivity index (χ1n) is 10.4. The zero-order valence-electron chi connectivity index (χ0n) is 17.9. The third-order valence-electron chi connectivity index (χ3n) is 5.58. The van der Waals surface area contributed by atoms with Gasteiger partial charge >= 0.3 is 0 Å². The standard InChI is InChI=1S/C24H21N3O3S3/c1-26-19-8-3-2-7-18(19)17(15-21(26)24-25-11-13-31-24)16-23-27(12-6-14-33(28,29)30)20-9-4-5-10-22(20)32-23/h2-5,7-11,13,15-16H,6,12,14H2,1H3/p+1. The van der Waals surface area contributed by atoms with Crippen molar-refractivity contribution in [3.05, 3.63) is 81.8 Å². The monoisotopic (exact) mass is 496 g/mol. The summed E-state index contributed by atoms with van der Waals surface area (Å²) in [4.78, 5) is 6.68. The van der Waals surface area contributed by atoms with Crippen LogP contribution in [0.1, 0.15) is 22.0 Å². The van der Waals surface area contributed by atoms with Crippen molar-refractivity contribution in [3.8, 4) is 0 Å². The van der Waals surface area contributed by atoms with Gasteiger partial charge in [0.15, 0.2) is 6.54 Å². The maximum absolute atomic E-state index is 11.3. The first-order valence-corrected chi connectivity index (χ1v) is 13.7. The highest BCUT2D eigenvalue weighted by Gasteiger charge is 2.25. The summed E-state index contributed by atoms with van der Waals surface area (Å²) in [6, 6.07) is 16.4. The fraction of sp³-hybridized carbons (Fsp3) is 0.167. The van der Waals surface area contributed by atoms with Crippen LogP contribution in [0.25, 0.3) is 27.6 Å². The fourth-order valence-electron chi connectivity index (χ4n) is 4.07. The average Bonchev–Trinajstić information content (AvgIpc) is 3.44. The Hall–Kier alpha value is -2.85. The SMILES string of the molecule is CN1C(c2nccs2)=C/C(=C\c2sc3ccccc3[n+]2CCCS(=O)(=O)O)c2ccccc21. The van der Waals surface area contributed by atoms with Crippen molar-refractivity contribution in [1.82, 2.24) is 4.98 Å². The number of thiazole rings is 2. The van der Waals surface area contributed by atoms with E-state index in [0.29, 0.717) is 13.0 Å². The van der Waals surface area contributed by atoms with Crippen LogP contribution >= 0.6 is 22.7 Å². The molecule has 4 aromatic rings. The zero-order chi connectivity index (χ0) is 23.0. The number of rotatable bonds is 6. The minimum atomic E-state index is -4.00. The predicted octanol–water partition coefficient (Wildman–Crippen LogP) is 4.95. The summed E-state index contributed by atoms with van der Waals surface area (Å²) >= 11 is 3.27. The first kappa shape index (κ1) is 22.0. The van der Waals surface area contributed by atoms with Gasteiger partial charge in [-0.3, -0.25) is 4.55 Å². The second-order valence-electron chi connectivity index (χ2n) is 7.74. The molecule has 0 unspecified atom stereocenters. The highest BCUT2D eigenvalue weighted by molar-refractivity contribution is 7.85. The molecule has 9 heteroatoms. The summed E-state index contributed by atoms with van der Waals surface area (Å²) < 4.78 is 35.0. The summed E-state index contributed by atoms with van der Waals surface area (Å²) in [5, 5.41) is 3.95. The Morgan fingerprint density at radius 1 is 1.15 bits per heavy atom. The van der Waals surface area contributed by atoms with Crippen molar-refractivity contribution in [2.45, 2.75) is 13.0 Å². The van der Waals surface area contributed by atoms with Crippen LogP contribution < -0.4 is 9.47 Å². The van der Waals surface area contributed by atoms with Gasteiger partial charge in [-0.1, -0.05) is 41.7 Å². The van der Waals surface area contributed by atoms with Crippen molar-refractivity contribution >= 4 is 66.0 Å². The summed E-state index contributed by atoms with van der Waals surface area (Å²) in [5.74, 6) is -0.262. The van der Waals surface area contributed by atoms with Crippen LogP contribution in [0.15, 0.2) is 66.2 Å². The number of para-hydroxylation sites is 2. The number of hydrogen-bond acceptors (Lipinski definition) is 6. The van der Waals surface area contributed by atoms with Gasteiger partial charge in [-0.05, 0) is 23.8 Å². The smallest absolute Gasteiger partial charge is 0.265 e. The van der Waals surface area contributed by atoms with E-state index in [0.717, 1.165) is 42.8 Å². The number of nitrogens with zero attached hydrogens (tertiary/aromatic N) is 3. The summed E-state index contributed by atoms with van der Waals surface area (Å²) in [6.07, 6.45) is 6.47. The van der Waals surface area contributed by atoms with Crippen molar-refractivity contribution in [2.75, 3.05) is 17.7 Å². The Morgan fingerprint density at radius 2 is 1.94 bits per heavy atom. The van der Waals surface area contributed by atoms with Crippen LogP contribution in [0.4, 0.5) is 5.69 Å². The molecule has 3 heterocycles. The second kappa shape index (κ2) is 8.83. The molecule has 0 amide bonds. The average molecular weight is 497 g/mol. The Morgan fingerprint density at radius 3 is 2.73 bits per heavy atom. The largest absolute Gasteiger partial charge is 0.342 e. The Kier molecular flexibility index (Phi) is 5.88. The second-order valence-corrected chi connectivity index (χ2v) is 11.3. The van der Waals surface area contributed by atoms with Crippen LogP contribution in [0.3, 0.4) is 0 Å². The lowest BCUT2D eigenvalue weighted by Crippen LogP contribution is -2.36. The van der Waals surface area contributed by atoms with Gasteiger partial charge < -0.3 is 4.90 Å². The van der Waals surface area contributed by atoms with E-state index in [4.69, 9.17) is 0 Å². The van der Waals surface area contributed by atoms with Gasteiger partial charge in [0.25, 0.3) is 15.1 Å². The predicted molar refractivity (Wildman–Crippen MR) is 136 cm³/mol. The van der Waals surface area contributed by atoms with Gasteiger partial charge in [0.1, 0.15) is 9.71 Å². The Bertz CT molecular complexity index is 1490. The molecule has 0 fully saturated rings. The third-order valence-corrected chi connectivity index (χ3v) is 8.29. The molecule has 0 bridgehead atoms. The molecule has 0 aliphatic carbocycles. The molecule has 6 nitrogen and oxygen atoms in total. The van der Waals surface area contributed by atoms with Gasteiger partial charge in [0.05, 0.1) is 11.4 Å². The molecule has 168 valence electrons. The maximum Gasteiger partial charge on any atom is 0.265 e. The van der Waals surface area contributed by atoms with Crippen LogP contribution in [0.2, 0.25) is 0 Å². The number of fused-ring (bicyclic) bond motifs is 2. The van der Waals surface area contributed by atoms with Gasteiger partial charge in [-0.25, -0.2) is 4.98 Å².